The molecule has 0 amide bonds. The molecular weight excluding hydrogens is 354 g/mol. The first-order chi connectivity index (χ1) is 11.8. The third kappa shape index (κ3) is 3.67. The quantitative estimate of drug-likeness (QED) is 0.612. The van der Waals surface area contributed by atoms with Crippen LogP contribution in [0.2, 0.25) is 5.02 Å². The topological polar surface area (TPSA) is 68.0 Å². The van der Waals surface area contributed by atoms with Crippen molar-refractivity contribution in [1.29, 1.82) is 0 Å². The highest BCUT2D eigenvalue weighted by Gasteiger charge is 2.19. The third-order valence-corrected chi connectivity index (χ3v) is 5.14. The second kappa shape index (κ2) is 6.86. The van der Waals surface area contributed by atoms with Gasteiger partial charge >= 0.3 is 0 Å². The summed E-state index contributed by atoms with van der Waals surface area (Å²) >= 11 is 7.23. The minimum Gasteiger partial charge on any atom is -0.382 e. The van der Waals surface area contributed by atoms with Crippen LogP contribution in [0, 0.1) is 20.8 Å². The molecule has 0 unspecified atom stereocenters. The molecule has 0 radical (unpaired) electrons. The van der Waals surface area contributed by atoms with Crippen LogP contribution in [0.25, 0.3) is 0 Å². The molecule has 0 spiro atoms. The lowest BCUT2D eigenvalue weighted by atomic mass is 10.0. The van der Waals surface area contributed by atoms with Gasteiger partial charge in [-0.05, 0) is 50.1 Å². The monoisotopic (exact) mass is 371 g/mol. The van der Waals surface area contributed by atoms with Crippen LogP contribution in [-0.4, -0.2) is 10.8 Å². The van der Waals surface area contributed by atoms with E-state index in [1.807, 2.05) is 51.1 Å². The SMILES string of the molecule is Cc1ccc(C(=O)c2sc(Nc3ccc(Cl)cc3C)nc2N)c(C)c1. The van der Waals surface area contributed by atoms with E-state index in [2.05, 4.69) is 10.3 Å². The number of nitrogens with zero attached hydrogens (tertiary/aromatic N) is 1. The van der Waals surface area contributed by atoms with Crippen molar-refractivity contribution < 1.29 is 4.79 Å². The summed E-state index contributed by atoms with van der Waals surface area (Å²) in [7, 11) is 0. The number of halogens is 1. The summed E-state index contributed by atoms with van der Waals surface area (Å²) in [5.41, 5.74) is 10.6. The van der Waals surface area contributed by atoms with Gasteiger partial charge in [-0.1, -0.05) is 46.7 Å². The van der Waals surface area contributed by atoms with Crippen molar-refractivity contribution in [3.8, 4) is 0 Å². The number of nitrogens with two attached hydrogens (primary N) is 1. The number of hydrogen-bond donors (Lipinski definition) is 2. The fraction of sp³-hybridized carbons (Fsp3) is 0.158. The van der Waals surface area contributed by atoms with Crippen molar-refractivity contribution in [3.05, 3.63) is 68.6 Å². The van der Waals surface area contributed by atoms with Crippen molar-refractivity contribution in [2.75, 3.05) is 11.1 Å². The number of aromatic nitrogens is 1. The number of hydrogen-bond acceptors (Lipinski definition) is 5. The maximum atomic E-state index is 12.8. The van der Waals surface area contributed by atoms with Gasteiger partial charge in [0.05, 0.1) is 0 Å². The Hall–Kier alpha value is -2.37. The van der Waals surface area contributed by atoms with Crippen molar-refractivity contribution in [2.45, 2.75) is 20.8 Å². The van der Waals surface area contributed by atoms with Crippen LogP contribution < -0.4 is 11.1 Å². The Labute approximate surface area is 155 Å². The van der Waals surface area contributed by atoms with Gasteiger partial charge in [-0.25, -0.2) is 4.98 Å². The van der Waals surface area contributed by atoms with E-state index in [1.165, 1.54) is 11.3 Å². The Morgan fingerprint density at radius 2 is 1.88 bits per heavy atom. The molecule has 0 bridgehead atoms. The average Bonchev–Trinajstić information content (AvgIpc) is 2.90. The van der Waals surface area contributed by atoms with Crippen LogP contribution in [0.15, 0.2) is 36.4 Å². The molecule has 0 aliphatic heterocycles. The Bertz CT molecular complexity index is 965. The smallest absolute Gasteiger partial charge is 0.207 e. The molecule has 25 heavy (non-hydrogen) atoms. The number of benzene rings is 2. The first-order valence-electron chi connectivity index (χ1n) is 7.76. The van der Waals surface area contributed by atoms with Gasteiger partial charge in [0.1, 0.15) is 10.7 Å². The molecule has 0 atom stereocenters. The predicted octanol–water partition coefficient (Wildman–Crippen LogP) is 5.28. The maximum Gasteiger partial charge on any atom is 0.207 e. The summed E-state index contributed by atoms with van der Waals surface area (Å²) in [6, 6.07) is 11.3. The second-order valence-corrected chi connectivity index (χ2v) is 7.40. The maximum absolute atomic E-state index is 12.8. The molecule has 2 aromatic carbocycles. The first-order valence-corrected chi connectivity index (χ1v) is 8.96. The summed E-state index contributed by atoms with van der Waals surface area (Å²) in [6.07, 6.45) is 0. The molecule has 0 aliphatic carbocycles. The number of thiazole rings is 1. The standard InChI is InChI=1S/C19H18ClN3OS/c1-10-4-6-14(11(2)8-10)16(24)17-18(21)23-19(25-17)22-15-7-5-13(20)9-12(15)3/h4-9H,21H2,1-3H3,(H,22,23). The zero-order valence-corrected chi connectivity index (χ0v) is 15.8. The van der Waals surface area contributed by atoms with E-state index in [1.54, 1.807) is 6.07 Å². The number of carbonyl (C=O) groups is 1. The van der Waals surface area contributed by atoms with Gasteiger partial charge in [-0.2, -0.15) is 0 Å². The lowest BCUT2D eigenvalue weighted by Crippen LogP contribution is -2.04. The van der Waals surface area contributed by atoms with Crippen LogP contribution in [-0.2, 0) is 0 Å². The van der Waals surface area contributed by atoms with Crippen LogP contribution in [0.3, 0.4) is 0 Å². The number of anilines is 3. The summed E-state index contributed by atoms with van der Waals surface area (Å²) in [6.45, 7) is 5.87. The van der Waals surface area contributed by atoms with Crippen molar-refractivity contribution in [3.63, 3.8) is 0 Å². The molecule has 4 nitrogen and oxygen atoms in total. The van der Waals surface area contributed by atoms with E-state index >= 15 is 0 Å². The van der Waals surface area contributed by atoms with Gasteiger partial charge in [0.25, 0.3) is 0 Å². The molecule has 3 rings (SSSR count). The number of nitrogen functional groups attached to an aromatic ring is 1. The van der Waals surface area contributed by atoms with Gasteiger partial charge < -0.3 is 11.1 Å². The fourth-order valence-corrected chi connectivity index (χ4v) is 3.70. The van der Waals surface area contributed by atoms with E-state index in [9.17, 15) is 4.79 Å². The molecule has 6 heteroatoms. The van der Waals surface area contributed by atoms with Crippen LogP contribution in [0.5, 0.6) is 0 Å². The molecule has 0 fully saturated rings. The highest BCUT2D eigenvalue weighted by molar-refractivity contribution is 7.18. The van der Waals surface area contributed by atoms with Crippen LogP contribution in [0.1, 0.15) is 31.9 Å². The predicted molar refractivity (Wildman–Crippen MR) is 105 cm³/mol. The van der Waals surface area contributed by atoms with Crippen LogP contribution in [0.4, 0.5) is 16.6 Å². The van der Waals surface area contributed by atoms with Gasteiger partial charge in [-0.3, -0.25) is 4.79 Å². The number of nitrogens with one attached hydrogen (secondary N) is 1. The molecule has 3 aromatic rings. The third-order valence-electron chi connectivity index (χ3n) is 3.92. The number of aryl methyl sites for hydroxylation is 3. The summed E-state index contributed by atoms with van der Waals surface area (Å²) in [5, 5.41) is 4.46. The highest BCUT2D eigenvalue weighted by atomic mass is 35.5. The number of carbonyl (C=O) groups excluding carboxylic acids is 1. The summed E-state index contributed by atoms with van der Waals surface area (Å²) in [5.74, 6) is 0.137. The molecule has 0 saturated carbocycles. The molecule has 0 aliphatic rings. The molecule has 0 saturated heterocycles. The Balaban J connectivity index is 1.90. The van der Waals surface area contributed by atoms with E-state index in [4.69, 9.17) is 17.3 Å². The highest BCUT2D eigenvalue weighted by Crippen LogP contribution is 2.31. The minimum atomic E-state index is -0.103. The van der Waals surface area contributed by atoms with Gasteiger partial charge in [0.15, 0.2) is 5.13 Å². The van der Waals surface area contributed by atoms with E-state index < -0.39 is 0 Å². The lowest BCUT2D eigenvalue weighted by Gasteiger charge is -2.06. The zero-order chi connectivity index (χ0) is 18.1. The minimum absolute atomic E-state index is 0.103. The summed E-state index contributed by atoms with van der Waals surface area (Å²) < 4.78 is 0. The molecule has 1 heterocycles. The summed E-state index contributed by atoms with van der Waals surface area (Å²) in [4.78, 5) is 17.6. The molecule has 128 valence electrons. The number of ketones is 1. The molecule has 1 aromatic heterocycles. The van der Waals surface area contributed by atoms with Crippen molar-refractivity contribution >= 4 is 45.4 Å². The van der Waals surface area contributed by atoms with Crippen molar-refractivity contribution in [1.82, 2.24) is 4.98 Å². The van der Waals surface area contributed by atoms with Crippen LogP contribution >= 0.6 is 22.9 Å². The lowest BCUT2D eigenvalue weighted by molar-refractivity contribution is 0.104. The van der Waals surface area contributed by atoms with Gasteiger partial charge in [0, 0.05) is 16.3 Å². The first kappa shape index (κ1) is 17.5. The average molecular weight is 372 g/mol. The van der Waals surface area contributed by atoms with E-state index in [0.29, 0.717) is 20.6 Å². The van der Waals surface area contributed by atoms with Crippen molar-refractivity contribution in [2.24, 2.45) is 0 Å². The fourth-order valence-electron chi connectivity index (χ4n) is 2.62. The zero-order valence-electron chi connectivity index (χ0n) is 14.2. The number of rotatable bonds is 4. The van der Waals surface area contributed by atoms with E-state index in [-0.39, 0.29) is 11.6 Å². The largest absolute Gasteiger partial charge is 0.382 e. The molecular formula is C19H18ClN3OS. The molecule has 3 N–H and O–H groups in total. The second-order valence-electron chi connectivity index (χ2n) is 5.97. The normalized spacial score (nSPS) is 10.7. The Morgan fingerprint density at radius 3 is 2.56 bits per heavy atom. The van der Waals surface area contributed by atoms with Gasteiger partial charge in [-0.15, -0.1) is 0 Å². The van der Waals surface area contributed by atoms with E-state index in [0.717, 1.165) is 22.4 Å². The van der Waals surface area contributed by atoms with Gasteiger partial charge in [0.2, 0.25) is 5.78 Å². The Kier molecular flexibility index (Phi) is 4.79. The Morgan fingerprint density at radius 1 is 1.12 bits per heavy atom.